The molecule has 0 fully saturated rings. The first-order valence-corrected chi connectivity index (χ1v) is 8.94. The Labute approximate surface area is 167 Å². The number of primary amides is 1. The third kappa shape index (κ3) is 5.32. The van der Waals surface area contributed by atoms with Gasteiger partial charge in [0.1, 0.15) is 5.75 Å². The van der Waals surface area contributed by atoms with Crippen LogP contribution >= 0.6 is 0 Å². The minimum absolute atomic E-state index is 0.316. The number of anilines is 1. The van der Waals surface area contributed by atoms with E-state index in [1.165, 1.54) is 31.2 Å². The number of hydrogen-bond donors (Lipinski definition) is 2. The van der Waals surface area contributed by atoms with E-state index in [-0.39, 0.29) is 6.61 Å². The van der Waals surface area contributed by atoms with Gasteiger partial charge in [-0.2, -0.15) is 0 Å². The zero-order valence-corrected chi connectivity index (χ0v) is 15.8. The molecule has 148 valence electrons. The number of esters is 1. The number of carbonyl (C=O) groups is 3. The molecule has 7 nitrogen and oxygen atoms in total. The molecule has 0 aliphatic heterocycles. The highest BCUT2D eigenvalue weighted by atomic mass is 16.6. The van der Waals surface area contributed by atoms with Gasteiger partial charge in [0.05, 0.1) is 0 Å². The first-order chi connectivity index (χ1) is 13.9. The second kappa shape index (κ2) is 8.88. The van der Waals surface area contributed by atoms with Crippen molar-refractivity contribution >= 4 is 34.2 Å². The molecule has 29 heavy (non-hydrogen) atoms. The molecule has 0 aliphatic rings. The van der Waals surface area contributed by atoms with Crippen LogP contribution in [0.5, 0.6) is 5.75 Å². The largest absolute Gasteiger partial charge is 0.482 e. The van der Waals surface area contributed by atoms with Gasteiger partial charge in [0.2, 0.25) is 5.91 Å². The summed E-state index contributed by atoms with van der Waals surface area (Å²) in [5, 5.41) is 4.66. The molecule has 2 amide bonds. The third-order valence-electron chi connectivity index (χ3n) is 4.19. The van der Waals surface area contributed by atoms with Crippen molar-refractivity contribution < 1.29 is 23.9 Å². The van der Waals surface area contributed by atoms with Crippen molar-refractivity contribution in [1.29, 1.82) is 0 Å². The Kier molecular flexibility index (Phi) is 6.09. The summed E-state index contributed by atoms with van der Waals surface area (Å²) in [4.78, 5) is 35.2. The van der Waals surface area contributed by atoms with Crippen LogP contribution in [0.2, 0.25) is 0 Å². The van der Waals surface area contributed by atoms with E-state index in [0.29, 0.717) is 17.0 Å². The van der Waals surface area contributed by atoms with Gasteiger partial charge in [0, 0.05) is 11.3 Å². The molecule has 3 aromatic rings. The van der Waals surface area contributed by atoms with Gasteiger partial charge < -0.3 is 20.5 Å². The Morgan fingerprint density at radius 2 is 1.66 bits per heavy atom. The van der Waals surface area contributed by atoms with E-state index in [2.05, 4.69) is 5.32 Å². The van der Waals surface area contributed by atoms with Gasteiger partial charge >= 0.3 is 5.97 Å². The lowest BCUT2D eigenvalue weighted by Gasteiger charge is -2.14. The first kappa shape index (κ1) is 19.9. The number of hydrogen-bond acceptors (Lipinski definition) is 5. The van der Waals surface area contributed by atoms with Crippen LogP contribution in [0.15, 0.2) is 66.7 Å². The van der Waals surface area contributed by atoms with Crippen molar-refractivity contribution in [2.24, 2.45) is 5.73 Å². The van der Waals surface area contributed by atoms with Crippen LogP contribution in [-0.2, 0) is 14.3 Å². The standard InChI is InChI=1S/C22H20N2O5/c1-14(22(27)24-18-9-6-16(7-10-18)21(23)26)29-20(25)13-28-19-11-8-15-4-2-3-5-17(15)12-19/h2-12,14H,13H2,1H3,(H2,23,26)(H,24,27)/t14-/m1/s1. The molecule has 0 spiro atoms. The fourth-order valence-electron chi connectivity index (χ4n) is 2.65. The smallest absolute Gasteiger partial charge is 0.344 e. The number of fused-ring (bicyclic) bond motifs is 1. The van der Waals surface area contributed by atoms with Crippen LogP contribution in [-0.4, -0.2) is 30.5 Å². The summed E-state index contributed by atoms with van der Waals surface area (Å²) in [6, 6.07) is 19.3. The van der Waals surface area contributed by atoms with Gasteiger partial charge in [-0.05, 0) is 54.1 Å². The highest BCUT2D eigenvalue weighted by Crippen LogP contribution is 2.20. The summed E-state index contributed by atoms with van der Waals surface area (Å²) in [6.45, 7) is 1.14. The number of benzene rings is 3. The average Bonchev–Trinajstić information content (AvgIpc) is 2.72. The van der Waals surface area contributed by atoms with E-state index >= 15 is 0 Å². The zero-order valence-electron chi connectivity index (χ0n) is 15.8. The lowest BCUT2D eigenvalue weighted by Crippen LogP contribution is -2.31. The summed E-state index contributed by atoms with van der Waals surface area (Å²) < 4.78 is 10.6. The Bertz CT molecular complexity index is 1050. The molecule has 0 heterocycles. The quantitative estimate of drug-likeness (QED) is 0.601. The normalized spacial score (nSPS) is 11.5. The Hall–Kier alpha value is -3.87. The number of nitrogens with one attached hydrogen (secondary N) is 1. The fourth-order valence-corrected chi connectivity index (χ4v) is 2.65. The summed E-state index contributed by atoms with van der Waals surface area (Å²) >= 11 is 0. The van der Waals surface area contributed by atoms with Crippen molar-refractivity contribution in [2.75, 3.05) is 11.9 Å². The van der Waals surface area contributed by atoms with Gasteiger partial charge in [-0.15, -0.1) is 0 Å². The SMILES string of the molecule is C[C@@H](OC(=O)COc1ccc2ccccc2c1)C(=O)Nc1ccc(C(N)=O)cc1. The van der Waals surface area contributed by atoms with Crippen LogP contribution in [0.1, 0.15) is 17.3 Å². The number of ether oxygens (including phenoxy) is 2. The van der Waals surface area contributed by atoms with E-state index in [1.807, 2.05) is 36.4 Å². The summed E-state index contributed by atoms with van der Waals surface area (Å²) in [5.41, 5.74) is 5.95. The molecule has 0 unspecified atom stereocenters. The van der Waals surface area contributed by atoms with Crippen molar-refractivity contribution in [3.05, 3.63) is 72.3 Å². The van der Waals surface area contributed by atoms with E-state index in [0.717, 1.165) is 10.8 Å². The number of nitrogens with two attached hydrogens (primary N) is 1. The minimum Gasteiger partial charge on any atom is -0.482 e. The molecule has 0 bridgehead atoms. The second-order valence-electron chi connectivity index (χ2n) is 6.36. The van der Waals surface area contributed by atoms with Crippen LogP contribution < -0.4 is 15.8 Å². The summed E-state index contributed by atoms with van der Waals surface area (Å²) in [7, 11) is 0. The second-order valence-corrected chi connectivity index (χ2v) is 6.36. The molecule has 3 aromatic carbocycles. The summed E-state index contributed by atoms with van der Waals surface area (Å²) in [5.74, 6) is -1.19. The predicted molar refractivity (Wildman–Crippen MR) is 109 cm³/mol. The van der Waals surface area contributed by atoms with Crippen LogP contribution in [0.4, 0.5) is 5.69 Å². The monoisotopic (exact) mass is 392 g/mol. The van der Waals surface area contributed by atoms with Gasteiger partial charge in [0.25, 0.3) is 5.91 Å². The molecular formula is C22H20N2O5. The minimum atomic E-state index is -1.02. The molecule has 0 aromatic heterocycles. The van der Waals surface area contributed by atoms with Crippen molar-refractivity contribution in [2.45, 2.75) is 13.0 Å². The maximum absolute atomic E-state index is 12.2. The molecular weight excluding hydrogens is 372 g/mol. The summed E-state index contributed by atoms with van der Waals surface area (Å²) in [6.07, 6.45) is -1.02. The van der Waals surface area contributed by atoms with Crippen molar-refractivity contribution in [3.63, 3.8) is 0 Å². The topological polar surface area (TPSA) is 108 Å². The van der Waals surface area contributed by atoms with Crippen LogP contribution in [0.25, 0.3) is 10.8 Å². The molecule has 0 saturated carbocycles. The molecule has 3 rings (SSSR count). The van der Waals surface area contributed by atoms with Gasteiger partial charge in [-0.3, -0.25) is 9.59 Å². The first-order valence-electron chi connectivity index (χ1n) is 8.94. The van der Waals surface area contributed by atoms with E-state index in [4.69, 9.17) is 15.2 Å². The maximum Gasteiger partial charge on any atom is 0.344 e. The molecule has 0 aliphatic carbocycles. The predicted octanol–water partition coefficient (Wildman–Crippen LogP) is 2.89. The molecule has 0 radical (unpaired) electrons. The van der Waals surface area contributed by atoms with E-state index in [1.54, 1.807) is 6.07 Å². The lowest BCUT2D eigenvalue weighted by molar-refractivity contribution is -0.155. The van der Waals surface area contributed by atoms with Crippen LogP contribution in [0, 0.1) is 0 Å². The number of amides is 2. The zero-order chi connectivity index (χ0) is 20.8. The highest BCUT2D eigenvalue weighted by Gasteiger charge is 2.18. The molecule has 7 heteroatoms. The van der Waals surface area contributed by atoms with Gasteiger partial charge in [-0.25, -0.2) is 4.79 Å². The highest BCUT2D eigenvalue weighted by molar-refractivity contribution is 5.96. The molecule has 1 atom stereocenters. The molecule has 3 N–H and O–H groups in total. The number of carbonyl (C=O) groups excluding carboxylic acids is 3. The average molecular weight is 392 g/mol. The van der Waals surface area contributed by atoms with E-state index < -0.39 is 23.9 Å². The van der Waals surface area contributed by atoms with Gasteiger partial charge in [-0.1, -0.05) is 30.3 Å². The fraction of sp³-hybridized carbons (Fsp3) is 0.136. The van der Waals surface area contributed by atoms with Crippen LogP contribution in [0.3, 0.4) is 0 Å². The Morgan fingerprint density at radius 1 is 0.966 bits per heavy atom. The third-order valence-corrected chi connectivity index (χ3v) is 4.19. The van der Waals surface area contributed by atoms with E-state index in [9.17, 15) is 14.4 Å². The Morgan fingerprint density at radius 3 is 2.34 bits per heavy atom. The van der Waals surface area contributed by atoms with Crippen molar-refractivity contribution in [1.82, 2.24) is 0 Å². The van der Waals surface area contributed by atoms with Crippen molar-refractivity contribution in [3.8, 4) is 5.75 Å². The Balaban J connectivity index is 1.49. The maximum atomic E-state index is 12.2. The number of rotatable bonds is 7. The van der Waals surface area contributed by atoms with Gasteiger partial charge in [0.15, 0.2) is 12.7 Å². The molecule has 0 saturated heterocycles. The lowest BCUT2D eigenvalue weighted by atomic mass is 10.1.